The minimum atomic E-state index is 0.0393. The van der Waals surface area contributed by atoms with Gasteiger partial charge in [0, 0.05) is 17.7 Å². The Bertz CT molecular complexity index is 552. The number of oxazole rings is 1. The quantitative estimate of drug-likeness (QED) is 0.731. The fraction of sp³-hybridized carbons (Fsp3) is 0.375. The number of hydrogen-bond acceptors (Lipinski definition) is 4. The first-order valence-electron chi connectivity index (χ1n) is 7.28. The molecular weight excluding hydrogens is 266 g/mol. The third-order valence-corrected chi connectivity index (χ3v) is 3.22. The number of hydrogen-bond donors (Lipinski definition) is 2. The Morgan fingerprint density at radius 1 is 1.24 bits per heavy atom. The number of anilines is 1. The summed E-state index contributed by atoms with van der Waals surface area (Å²) in [4.78, 5) is 15.8. The van der Waals surface area contributed by atoms with Gasteiger partial charge >= 0.3 is 0 Å². The zero-order valence-electron chi connectivity index (χ0n) is 12.0. The summed E-state index contributed by atoms with van der Waals surface area (Å²) in [6.07, 6.45) is 7.64. The van der Waals surface area contributed by atoms with Crippen molar-refractivity contribution in [1.82, 2.24) is 4.98 Å². The summed E-state index contributed by atoms with van der Waals surface area (Å²) in [5.74, 6) is 0.727. The van der Waals surface area contributed by atoms with E-state index in [2.05, 4.69) is 10.3 Å². The molecule has 5 heteroatoms. The lowest BCUT2D eigenvalue weighted by Crippen LogP contribution is -2.11. The van der Waals surface area contributed by atoms with E-state index < -0.39 is 0 Å². The molecule has 0 spiro atoms. The maximum absolute atomic E-state index is 11.9. The molecule has 0 bridgehead atoms. The van der Waals surface area contributed by atoms with Gasteiger partial charge in [-0.1, -0.05) is 25.0 Å². The van der Waals surface area contributed by atoms with Crippen molar-refractivity contribution in [3.63, 3.8) is 0 Å². The number of nitrogens with zero attached hydrogens (tertiary/aromatic N) is 1. The van der Waals surface area contributed by atoms with Crippen molar-refractivity contribution in [1.29, 1.82) is 0 Å². The lowest BCUT2D eigenvalue weighted by atomic mass is 10.1. The molecule has 0 aliphatic rings. The normalized spacial score (nSPS) is 10.5. The fourth-order valence-corrected chi connectivity index (χ4v) is 2.12. The number of aromatic nitrogens is 1. The second kappa shape index (κ2) is 8.21. The summed E-state index contributed by atoms with van der Waals surface area (Å²) in [6.45, 7) is 0.723. The number of nitrogens with two attached hydrogens (primary N) is 1. The molecule has 1 aromatic heterocycles. The average Bonchev–Trinajstić information content (AvgIpc) is 3.01. The minimum Gasteiger partial charge on any atom is -0.444 e. The van der Waals surface area contributed by atoms with Gasteiger partial charge in [0.1, 0.15) is 0 Å². The Morgan fingerprint density at radius 2 is 2.10 bits per heavy atom. The molecular formula is C16H21N3O2. The van der Waals surface area contributed by atoms with E-state index in [4.69, 9.17) is 10.2 Å². The summed E-state index contributed by atoms with van der Waals surface area (Å²) in [7, 11) is 0. The molecule has 2 rings (SSSR count). The van der Waals surface area contributed by atoms with E-state index in [0.717, 1.165) is 43.5 Å². The van der Waals surface area contributed by atoms with Gasteiger partial charge in [0.15, 0.2) is 12.2 Å². The Morgan fingerprint density at radius 3 is 2.86 bits per heavy atom. The Hall–Kier alpha value is -2.14. The van der Waals surface area contributed by atoms with E-state index in [0.29, 0.717) is 12.2 Å². The maximum atomic E-state index is 11.9. The number of amides is 1. The van der Waals surface area contributed by atoms with Gasteiger partial charge in [-0.05, 0) is 31.5 Å². The first-order valence-corrected chi connectivity index (χ1v) is 7.28. The first kappa shape index (κ1) is 15.3. The fourth-order valence-electron chi connectivity index (χ4n) is 2.12. The van der Waals surface area contributed by atoms with Gasteiger partial charge in [0.2, 0.25) is 5.91 Å². The van der Waals surface area contributed by atoms with Crippen LogP contribution < -0.4 is 11.1 Å². The topological polar surface area (TPSA) is 81.2 Å². The highest BCUT2D eigenvalue weighted by Crippen LogP contribution is 2.22. The van der Waals surface area contributed by atoms with Crippen LogP contribution in [0.15, 0.2) is 41.3 Å². The van der Waals surface area contributed by atoms with Gasteiger partial charge in [0.25, 0.3) is 0 Å². The maximum Gasteiger partial charge on any atom is 0.224 e. The van der Waals surface area contributed by atoms with Crippen LogP contribution in [0.5, 0.6) is 0 Å². The summed E-state index contributed by atoms with van der Waals surface area (Å²) in [5, 5.41) is 2.91. The van der Waals surface area contributed by atoms with E-state index in [1.54, 1.807) is 6.20 Å². The standard InChI is InChI=1S/C16H21N3O2/c17-9-4-2-1-3-8-16(20)19-14-7-5-6-13(10-14)15-11-18-12-21-15/h5-7,10-12H,1-4,8-9,17H2,(H,19,20). The first-order chi connectivity index (χ1) is 10.3. The predicted molar refractivity (Wildman–Crippen MR) is 82.7 cm³/mol. The number of unbranched alkanes of at least 4 members (excludes halogenated alkanes) is 3. The molecule has 0 atom stereocenters. The van der Waals surface area contributed by atoms with Crippen LogP contribution in [0.25, 0.3) is 11.3 Å². The Balaban J connectivity index is 1.82. The summed E-state index contributed by atoms with van der Waals surface area (Å²) >= 11 is 0. The summed E-state index contributed by atoms with van der Waals surface area (Å²) in [6, 6.07) is 7.55. The van der Waals surface area contributed by atoms with Crippen molar-refractivity contribution in [3.05, 3.63) is 36.9 Å². The van der Waals surface area contributed by atoms with Gasteiger partial charge in [-0.3, -0.25) is 4.79 Å². The zero-order chi connectivity index (χ0) is 14.9. The minimum absolute atomic E-state index is 0.0393. The smallest absolute Gasteiger partial charge is 0.224 e. The van der Waals surface area contributed by atoms with Crippen molar-refractivity contribution >= 4 is 11.6 Å². The van der Waals surface area contributed by atoms with E-state index in [9.17, 15) is 4.79 Å². The van der Waals surface area contributed by atoms with Crippen LogP contribution in [-0.4, -0.2) is 17.4 Å². The molecule has 0 fully saturated rings. The number of rotatable bonds is 8. The number of carbonyl (C=O) groups is 1. The van der Waals surface area contributed by atoms with Gasteiger partial charge in [-0.2, -0.15) is 0 Å². The van der Waals surface area contributed by atoms with Gasteiger partial charge in [0.05, 0.1) is 6.20 Å². The lowest BCUT2D eigenvalue weighted by molar-refractivity contribution is -0.116. The summed E-state index contributed by atoms with van der Waals surface area (Å²) in [5.41, 5.74) is 7.11. The molecule has 2 aromatic rings. The number of benzene rings is 1. The van der Waals surface area contributed by atoms with Crippen molar-refractivity contribution in [2.75, 3.05) is 11.9 Å². The lowest BCUT2D eigenvalue weighted by Gasteiger charge is -2.06. The highest BCUT2D eigenvalue weighted by molar-refractivity contribution is 5.91. The SMILES string of the molecule is NCCCCCCC(=O)Nc1cccc(-c2cnco2)c1. The second-order valence-corrected chi connectivity index (χ2v) is 4.95. The molecule has 0 saturated carbocycles. The monoisotopic (exact) mass is 287 g/mol. The molecule has 1 heterocycles. The van der Waals surface area contributed by atoms with Crippen molar-refractivity contribution in [2.45, 2.75) is 32.1 Å². The van der Waals surface area contributed by atoms with Crippen LogP contribution in [-0.2, 0) is 4.79 Å². The third kappa shape index (κ3) is 5.04. The van der Waals surface area contributed by atoms with E-state index in [-0.39, 0.29) is 5.91 Å². The molecule has 0 unspecified atom stereocenters. The second-order valence-electron chi connectivity index (χ2n) is 4.95. The van der Waals surface area contributed by atoms with Gasteiger partial charge in [-0.25, -0.2) is 4.98 Å². The van der Waals surface area contributed by atoms with Gasteiger partial charge in [-0.15, -0.1) is 0 Å². The van der Waals surface area contributed by atoms with Crippen molar-refractivity contribution < 1.29 is 9.21 Å². The highest BCUT2D eigenvalue weighted by atomic mass is 16.3. The molecule has 0 aliphatic carbocycles. The highest BCUT2D eigenvalue weighted by Gasteiger charge is 2.05. The molecule has 3 N–H and O–H groups in total. The predicted octanol–water partition coefficient (Wildman–Crippen LogP) is 3.19. The van der Waals surface area contributed by atoms with Crippen LogP contribution in [0.2, 0.25) is 0 Å². The molecule has 0 saturated heterocycles. The average molecular weight is 287 g/mol. The molecule has 1 amide bonds. The third-order valence-electron chi connectivity index (χ3n) is 3.22. The largest absolute Gasteiger partial charge is 0.444 e. The number of nitrogens with one attached hydrogen (secondary N) is 1. The van der Waals surface area contributed by atoms with Crippen LogP contribution >= 0.6 is 0 Å². The van der Waals surface area contributed by atoms with Crippen LogP contribution in [0.3, 0.4) is 0 Å². The molecule has 5 nitrogen and oxygen atoms in total. The van der Waals surface area contributed by atoms with E-state index in [1.807, 2.05) is 24.3 Å². The van der Waals surface area contributed by atoms with E-state index >= 15 is 0 Å². The summed E-state index contributed by atoms with van der Waals surface area (Å²) < 4.78 is 5.25. The molecule has 0 aliphatic heterocycles. The van der Waals surface area contributed by atoms with Crippen LogP contribution in [0, 0.1) is 0 Å². The number of carbonyl (C=O) groups excluding carboxylic acids is 1. The molecule has 21 heavy (non-hydrogen) atoms. The Labute approximate surface area is 124 Å². The van der Waals surface area contributed by atoms with Crippen LogP contribution in [0.1, 0.15) is 32.1 Å². The molecule has 1 aromatic carbocycles. The van der Waals surface area contributed by atoms with Crippen molar-refractivity contribution in [3.8, 4) is 11.3 Å². The molecule has 0 radical (unpaired) electrons. The van der Waals surface area contributed by atoms with E-state index in [1.165, 1.54) is 6.39 Å². The van der Waals surface area contributed by atoms with Crippen molar-refractivity contribution in [2.24, 2.45) is 5.73 Å². The Kier molecular flexibility index (Phi) is 5.97. The zero-order valence-corrected chi connectivity index (χ0v) is 12.0. The van der Waals surface area contributed by atoms with Crippen LogP contribution in [0.4, 0.5) is 5.69 Å². The molecule has 112 valence electrons. The van der Waals surface area contributed by atoms with Gasteiger partial charge < -0.3 is 15.5 Å².